The van der Waals surface area contributed by atoms with Gasteiger partial charge in [0.1, 0.15) is 17.0 Å². The van der Waals surface area contributed by atoms with Gasteiger partial charge in [0.05, 0.1) is 20.4 Å². The standard InChI is InChI=1S/C18H22N4O3/c1-19-8-13-15(24-4)6-11(7-16(13)25-5)14-10-21(2)18(23)17-12(14)9-20-22(17)3/h6-7,9-10,19H,8H2,1-5H3. The highest BCUT2D eigenvalue weighted by Crippen LogP contribution is 2.36. The average molecular weight is 342 g/mol. The van der Waals surface area contributed by atoms with E-state index in [-0.39, 0.29) is 5.56 Å². The van der Waals surface area contributed by atoms with Gasteiger partial charge in [-0.15, -0.1) is 0 Å². The Balaban J connectivity index is 2.32. The van der Waals surface area contributed by atoms with Crippen molar-refractivity contribution in [1.29, 1.82) is 0 Å². The number of rotatable bonds is 5. The van der Waals surface area contributed by atoms with Gasteiger partial charge in [-0.05, 0) is 24.7 Å². The van der Waals surface area contributed by atoms with Crippen LogP contribution in [0.25, 0.3) is 22.0 Å². The van der Waals surface area contributed by atoms with Crippen LogP contribution in [0.4, 0.5) is 0 Å². The molecule has 3 aromatic rings. The van der Waals surface area contributed by atoms with Crippen LogP contribution >= 0.6 is 0 Å². The maximum atomic E-state index is 12.4. The number of nitrogens with one attached hydrogen (secondary N) is 1. The van der Waals surface area contributed by atoms with Crippen LogP contribution in [-0.2, 0) is 20.6 Å². The first-order chi connectivity index (χ1) is 12.0. The Morgan fingerprint density at radius 2 is 1.80 bits per heavy atom. The van der Waals surface area contributed by atoms with Gasteiger partial charge < -0.3 is 19.4 Å². The highest BCUT2D eigenvalue weighted by molar-refractivity contribution is 5.94. The third-order valence-electron chi connectivity index (χ3n) is 4.35. The molecule has 0 atom stereocenters. The lowest BCUT2D eigenvalue weighted by Gasteiger charge is -2.16. The maximum Gasteiger partial charge on any atom is 0.276 e. The predicted octanol–water partition coefficient (Wildman–Crippen LogP) is 1.68. The first-order valence-electron chi connectivity index (χ1n) is 7.93. The molecule has 1 aromatic carbocycles. The number of nitrogens with zero attached hydrogens (tertiary/aromatic N) is 3. The molecule has 0 amide bonds. The third kappa shape index (κ3) is 2.76. The fraction of sp³-hybridized carbons (Fsp3) is 0.333. The van der Waals surface area contributed by atoms with Crippen LogP contribution in [0.2, 0.25) is 0 Å². The molecule has 0 aliphatic carbocycles. The van der Waals surface area contributed by atoms with E-state index in [1.165, 1.54) is 0 Å². The Bertz CT molecular complexity index is 963. The monoisotopic (exact) mass is 342 g/mol. The van der Waals surface area contributed by atoms with Gasteiger partial charge in [0.25, 0.3) is 5.56 Å². The number of aryl methyl sites for hydroxylation is 2. The first-order valence-corrected chi connectivity index (χ1v) is 7.93. The second-order valence-electron chi connectivity index (χ2n) is 5.88. The van der Waals surface area contributed by atoms with E-state index in [4.69, 9.17) is 9.47 Å². The minimum Gasteiger partial charge on any atom is -0.496 e. The number of benzene rings is 1. The second kappa shape index (κ2) is 6.60. The van der Waals surface area contributed by atoms with Crippen molar-refractivity contribution in [3.05, 3.63) is 40.4 Å². The van der Waals surface area contributed by atoms with Crippen LogP contribution < -0.4 is 20.3 Å². The summed E-state index contributed by atoms with van der Waals surface area (Å²) in [5.74, 6) is 1.46. The van der Waals surface area contributed by atoms with Crippen LogP contribution in [0.5, 0.6) is 11.5 Å². The van der Waals surface area contributed by atoms with Gasteiger partial charge in [0.15, 0.2) is 0 Å². The molecular weight excluding hydrogens is 320 g/mol. The minimum atomic E-state index is -0.0792. The zero-order chi connectivity index (χ0) is 18.1. The molecule has 0 fully saturated rings. The summed E-state index contributed by atoms with van der Waals surface area (Å²) in [7, 11) is 8.65. The van der Waals surface area contributed by atoms with E-state index in [1.54, 1.807) is 43.8 Å². The predicted molar refractivity (Wildman–Crippen MR) is 97.3 cm³/mol. The number of hydrogen-bond acceptors (Lipinski definition) is 5. The molecule has 1 N–H and O–H groups in total. The van der Waals surface area contributed by atoms with Crippen molar-refractivity contribution >= 4 is 10.9 Å². The molecule has 7 nitrogen and oxygen atoms in total. The number of hydrogen-bond donors (Lipinski definition) is 1. The van der Waals surface area contributed by atoms with Crippen molar-refractivity contribution < 1.29 is 9.47 Å². The Morgan fingerprint density at radius 3 is 2.36 bits per heavy atom. The highest BCUT2D eigenvalue weighted by Gasteiger charge is 2.17. The molecule has 132 valence electrons. The van der Waals surface area contributed by atoms with E-state index in [9.17, 15) is 4.79 Å². The number of fused-ring (bicyclic) bond motifs is 1. The molecule has 0 spiro atoms. The summed E-state index contributed by atoms with van der Waals surface area (Å²) < 4.78 is 14.3. The van der Waals surface area contributed by atoms with Crippen molar-refractivity contribution in [2.75, 3.05) is 21.3 Å². The lowest BCUT2D eigenvalue weighted by molar-refractivity contribution is 0.384. The normalized spacial score (nSPS) is 11.1. The summed E-state index contributed by atoms with van der Waals surface area (Å²) >= 11 is 0. The van der Waals surface area contributed by atoms with E-state index < -0.39 is 0 Å². The van der Waals surface area contributed by atoms with Gasteiger partial charge in [-0.1, -0.05) is 0 Å². The topological polar surface area (TPSA) is 70.3 Å². The minimum absolute atomic E-state index is 0.0792. The molecule has 0 saturated carbocycles. The summed E-state index contributed by atoms with van der Waals surface area (Å²) in [6, 6.07) is 3.92. The zero-order valence-corrected chi connectivity index (χ0v) is 15.1. The lowest BCUT2D eigenvalue weighted by atomic mass is 10.0. The quantitative estimate of drug-likeness (QED) is 0.764. The summed E-state index contributed by atoms with van der Waals surface area (Å²) in [6.45, 7) is 0.627. The summed E-state index contributed by atoms with van der Waals surface area (Å²) in [4.78, 5) is 12.4. The Kier molecular flexibility index (Phi) is 4.50. The first kappa shape index (κ1) is 17.0. The van der Waals surface area contributed by atoms with Crippen molar-refractivity contribution in [3.8, 4) is 22.6 Å². The highest BCUT2D eigenvalue weighted by atomic mass is 16.5. The summed E-state index contributed by atoms with van der Waals surface area (Å²) in [5, 5.41) is 8.17. The Morgan fingerprint density at radius 1 is 1.16 bits per heavy atom. The van der Waals surface area contributed by atoms with Gasteiger partial charge in [0, 0.05) is 43.4 Å². The van der Waals surface area contributed by atoms with E-state index in [2.05, 4.69) is 10.4 Å². The molecule has 0 aliphatic heterocycles. The molecule has 0 bridgehead atoms. The maximum absolute atomic E-state index is 12.4. The number of aromatic nitrogens is 3. The Hall–Kier alpha value is -2.80. The SMILES string of the molecule is CNCc1c(OC)cc(-c2cn(C)c(=O)c3c2cnn3C)cc1OC. The van der Waals surface area contributed by atoms with Crippen LogP contribution in [0.3, 0.4) is 0 Å². The number of pyridine rings is 1. The van der Waals surface area contributed by atoms with Crippen molar-refractivity contribution in [3.63, 3.8) is 0 Å². The van der Waals surface area contributed by atoms with E-state index in [0.717, 1.165) is 33.6 Å². The molecule has 0 unspecified atom stereocenters. The molecule has 0 radical (unpaired) electrons. The van der Waals surface area contributed by atoms with E-state index in [1.807, 2.05) is 25.4 Å². The number of ether oxygens (including phenoxy) is 2. The lowest BCUT2D eigenvalue weighted by Crippen LogP contribution is -2.18. The molecule has 7 heteroatoms. The molecule has 2 heterocycles. The molecule has 0 aliphatic rings. The largest absolute Gasteiger partial charge is 0.496 e. The average Bonchev–Trinajstić information content (AvgIpc) is 3.00. The van der Waals surface area contributed by atoms with Crippen LogP contribution in [0.15, 0.2) is 29.3 Å². The molecular formula is C18H22N4O3. The van der Waals surface area contributed by atoms with Gasteiger partial charge in [0.2, 0.25) is 0 Å². The summed E-state index contributed by atoms with van der Waals surface area (Å²) in [5.41, 5.74) is 3.24. The van der Waals surface area contributed by atoms with E-state index in [0.29, 0.717) is 12.1 Å². The van der Waals surface area contributed by atoms with Gasteiger partial charge >= 0.3 is 0 Å². The Labute approximate surface area is 145 Å². The molecule has 0 saturated heterocycles. The zero-order valence-electron chi connectivity index (χ0n) is 15.1. The second-order valence-corrected chi connectivity index (χ2v) is 5.88. The van der Waals surface area contributed by atoms with Crippen LogP contribution in [0, 0.1) is 0 Å². The third-order valence-corrected chi connectivity index (χ3v) is 4.35. The fourth-order valence-corrected chi connectivity index (χ4v) is 3.10. The van der Waals surface area contributed by atoms with Gasteiger partial charge in [-0.3, -0.25) is 9.48 Å². The smallest absolute Gasteiger partial charge is 0.276 e. The molecule has 3 rings (SSSR count). The van der Waals surface area contributed by atoms with Gasteiger partial charge in [-0.25, -0.2) is 0 Å². The molecule has 25 heavy (non-hydrogen) atoms. The van der Waals surface area contributed by atoms with Gasteiger partial charge in [-0.2, -0.15) is 5.10 Å². The van der Waals surface area contributed by atoms with Crippen molar-refractivity contribution in [2.24, 2.45) is 14.1 Å². The van der Waals surface area contributed by atoms with E-state index >= 15 is 0 Å². The number of methoxy groups -OCH3 is 2. The molecule has 2 aromatic heterocycles. The van der Waals surface area contributed by atoms with Crippen molar-refractivity contribution in [2.45, 2.75) is 6.54 Å². The van der Waals surface area contributed by atoms with Crippen molar-refractivity contribution in [1.82, 2.24) is 19.7 Å². The summed E-state index contributed by atoms with van der Waals surface area (Å²) in [6.07, 6.45) is 3.53. The van der Waals surface area contributed by atoms with Crippen LogP contribution in [0.1, 0.15) is 5.56 Å². The van der Waals surface area contributed by atoms with Crippen LogP contribution in [-0.4, -0.2) is 35.6 Å². The fourth-order valence-electron chi connectivity index (χ4n) is 3.10.